The van der Waals surface area contributed by atoms with Gasteiger partial charge in [0.1, 0.15) is 0 Å². The van der Waals surface area contributed by atoms with E-state index in [1.54, 1.807) is 0 Å². The molecule has 10 heteroatoms. The standard InChI is InChI=1S/C13H14ClF2N7/c14-10-18-11(17-9-5-8(21-22-9)7-1-2-7)20-12(19-10)23-4-3-13(15,16)6-23/h5,7H,1-4,6H2,(H2,17,18,19,20,21,22). The number of hydrogen-bond acceptors (Lipinski definition) is 6. The van der Waals surface area contributed by atoms with Crippen LogP contribution in [0.3, 0.4) is 0 Å². The summed E-state index contributed by atoms with van der Waals surface area (Å²) in [5, 5.41) is 9.98. The summed E-state index contributed by atoms with van der Waals surface area (Å²) in [4.78, 5) is 13.5. The minimum atomic E-state index is -2.73. The monoisotopic (exact) mass is 341 g/mol. The number of aromatic amines is 1. The van der Waals surface area contributed by atoms with E-state index in [9.17, 15) is 8.78 Å². The van der Waals surface area contributed by atoms with Crippen LogP contribution in [-0.4, -0.2) is 44.2 Å². The summed E-state index contributed by atoms with van der Waals surface area (Å²) in [6.45, 7) is -0.234. The van der Waals surface area contributed by atoms with E-state index in [1.165, 1.54) is 4.90 Å². The average Bonchev–Trinajstić information content (AvgIpc) is 3.12. The van der Waals surface area contributed by atoms with Gasteiger partial charge in [-0.15, -0.1) is 0 Å². The molecule has 0 aromatic carbocycles. The molecule has 0 atom stereocenters. The largest absolute Gasteiger partial charge is 0.334 e. The molecule has 1 aliphatic carbocycles. The van der Waals surface area contributed by atoms with E-state index >= 15 is 0 Å². The number of halogens is 3. The molecule has 2 fully saturated rings. The van der Waals surface area contributed by atoms with Crippen molar-refractivity contribution in [1.82, 2.24) is 25.1 Å². The van der Waals surface area contributed by atoms with Crippen molar-refractivity contribution in [3.05, 3.63) is 17.0 Å². The summed E-state index contributed by atoms with van der Waals surface area (Å²) in [6, 6.07) is 1.89. The Balaban J connectivity index is 1.54. The number of alkyl halides is 2. The van der Waals surface area contributed by atoms with Crippen molar-refractivity contribution >= 4 is 29.3 Å². The lowest BCUT2D eigenvalue weighted by Gasteiger charge is -2.16. The Labute approximate surface area is 135 Å². The second-order valence-corrected chi connectivity index (χ2v) is 6.20. The van der Waals surface area contributed by atoms with Gasteiger partial charge < -0.3 is 10.2 Å². The van der Waals surface area contributed by atoms with Crippen molar-refractivity contribution in [1.29, 1.82) is 0 Å². The normalized spacial score (nSPS) is 20.0. The van der Waals surface area contributed by atoms with Crippen LogP contribution in [-0.2, 0) is 0 Å². The summed E-state index contributed by atoms with van der Waals surface area (Å²) in [5.74, 6) is -1.30. The van der Waals surface area contributed by atoms with E-state index in [0.29, 0.717) is 11.7 Å². The fraction of sp³-hybridized carbons (Fsp3) is 0.538. The highest BCUT2D eigenvalue weighted by Gasteiger charge is 2.39. The van der Waals surface area contributed by atoms with Gasteiger partial charge in [-0.05, 0) is 24.4 Å². The number of H-pyrrole nitrogens is 1. The summed E-state index contributed by atoms with van der Waals surface area (Å²) in [5.41, 5.74) is 1.06. The van der Waals surface area contributed by atoms with Crippen LogP contribution in [0.4, 0.5) is 26.5 Å². The molecular weight excluding hydrogens is 328 g/mol. The zero-order valence-electron chi connectivity index (χ0n) is 12.1. The topological polar surface area (TPSA) is 82.6 Å². The zero-order valence-corrected chi connectivity index (χ0v) is 12.8. The van der Waals surface area contributed by atoms with Crippen LogP contribution in [0.5, 0.6) is 0 Å². The van der Waals surface area contributed by atoms with Gasteiger partial charge >= 0.3 is 0 Å². The van der Waals surface area contributed by atoms with Gasteiger partial charge in [-0.25, -0.2) is 8.78 Å². The predicted octanol–water partition coefficient (Wildman–Crippen LogP) is 2.71. The van der Waals surface area contributed by atoms with Gasteiger partial charge in [-0.3, -0.25) is 5.10 Å². The van der Waals surface area contributed by atoms with Crippen molar-refractivity contribution in [3.63, 3.8) is 0 Å². The first-order chi connectivity index (χ1) is 11.0. The molecule has 1 saturated heterocycles. The number of nitrogens with zero attached hydrogens (tertiary/aromatic N) is 5. The Morgan fingerprint density at radius 3 is 2.83 bits per heavy atom. The van der Waals surface area contributed by atoms with Crippen molar-refractivity contribution in [3.8, 4) is 0 Å². The molecule has 7 nitrogen and oxygen atoms in total. The van der Waals surface area contributed by atoms with Crippen molar-refractivity contribution in [2.24, 2.45) is 0 Å². The Morgan fingerprint density at radius 1 is 1.30 bits per heavy atom. The van der Waals surface area contributed by atoms with Crippen molar-refractivity contribution < 1.29 is 8.78 Å². The van der Waals surface area contributed by atoms with Crippen molar-refractivity contribution in [2.75, 3.05) is 23.3 Å². The molecule has 0 amide bonds. The Bertz CT molecular complexity index is 731. The smallest absolute Gasteiger partial charge is 0.267 e. The molecule has 2 N–H and O–H groups in total. The number of hydrogen-bond donors (Lipinski definition) is 2. The summed E-state index contributed by atoms with van der Waals surface area (Å²) >= 11 is 5.89. The number of nitrogens with one attached hydrogen (secondary N) is 2. The summed E-state index contributed by atoms with van der Waals surface area (Å²) in [6.07, 6.45) is 2.10. The number of aromatic nitrogens is 5. The summed E-state index contributed by atoms with van der Waals surface area (Å²) in [7, 11) is 0. The molecule has 4 rings (SSSR count). The second kappa shape index (κ2) is 5.26. The molecule has 1 aliphatic heterocycles. The first-order valence-corrected chi connectivity index (χ1v) is 7.73. The number of anilines is 3. The molecule has 0 bridgehead atoms. The van der Waals surface area contributed by atoms with Gasteiger partial charge in [0.15, 0.2) is 5.82 Å². The highest BCUT2D eigenvalue weighted by molar-refractivity contribution is 6.28. The van der Waals surface area contributed by atoms with Crippen LogP contribution < -0.4 is 10.2 Å². The minimum Gasteiger partial charge on any atom is -0.334 e. The lowest BCUT2D eigenvalue weighted by molar-refractivity contribution is 0.0256. The van der Waals surface area contributed by atoms with Crippen LogP contribution >= 0.6 is 11.6 Å². The van der Waals surface area contributed by atoms with Crippen LogP contribution in [0.1, 0.15) is 30.9 Å². The molecule has 23 heavy (non-hydrogen) atoms. The van der Waals surface area contributed by atoms with Crippen LogP contribution in [0.15, 0.2) is 6.07 Å². The highest BCUT2D eigenvalue weighted by Crippen LogP contribution is 2.39. The van der Waals surface area contributed by atoms with E-state index in [0.717, 1.165) is 18.5 Å². The maximum atomic E-state index is 13.3. The van der Waals surface area contributed by atoms with E-state index in [4.69, 9.17) is 11.6 Å². The van der Waals surface area contributed by atoms with Crippen molar-refractivity contribution in [2.45, 2.75) is 31.1 Å². The third-order valence-corrected chi connectivity index (χ3v) is 4.07. The molecule has 1 saturated carbocycles. The predicted molar refractivity (Wildman–Crippen MR) is 80.5 cm³/mol. The first-order valence-electron chi connectivity index (χ1n) is 7.35. The fourth-order valence-electron chi connectivity index (χ4n) is 2.56. The lowest BCUT2D eigenvalue weighted by atomic mass is 10.3. The maximum absolute atomic E-state index is 13.3. The molecule has 0 unspecified atom stereocenters. The van der Waals surface area contributed by atoms with Gasteiger partial charge in [0.05, 0.1) is 6.54 Å². The Hall–Kier alpha value is -2.03. The molecule has 122 valence electrons. The van der Waals surface area contributed by atoms with Gasteiger partial charge in [0, 0.05) is 30.6 Å². The van der Waals surface area contributed by atoms with Crippen LogP contribution in [0.2, 0.25) is 5.28 Å². The van der Waals surface area contributed by atoms with Gasteiger partial charge in [0.2, 0.25) is 17.2 Å². The second-order valence-electron chi connectivity index (χ2n) is 5.86. The van der Waals surface area contributed by atoms with Gasteiger partial charge in [-0.2, -0.15) is 20.1 Å². The molecule has 0 spiro atoms. The molecule has 0 radical (unpaired) electrons. The van der Waals surface area contributed by atoms with E-state index in [2.05, 4.69) is 30.5 Å². The minimum absolute atomic E-state index is 0.0503. The molecule has 2 aromatic rings. The molecular formula is C13H14ClF2N7. The first kappa shape index (κ1) is 14.6. The third kappa shape index (κ3) is 3.19. The third-order valence-electron chi connectivity index (χ3n) is 3.90. The van der Waals surface area contributed by atoms with E-state index < -0.39 is 12.5 Å². The SMILES string of the molecule is FC1(F)CCN(c2nc(Cl)nc(Nc3cc(C4CC4)[nH]n3)n2)C1. The quantitative estimate of drug-likeness (QED) is 0.889. The lowest BCUT2D eigenvalue weighted by Crippen LogP contribution is -2.26. The van der Waals surface area contributed by atoms with E-state index in [-0.39, 0.29) is 30.1 Å². The maximum Gasteiger partial charge on any atom is 0.267 e. The molecule has 2 aliphatic rings. The van der Waals surface area contributed by atoms with Gasteiger partial charge in [0.25, 0.3) is 5.92 Å². The zero-order chi connectivity index (χ0) is 16.0. The molecule has 2 aromatic heterocycles. The molecule has 3 heterocycles. The van der Waals surface area contributed by atoms with Crippen LogP contribution in [0.25, 0.3) is 0 Å². The highest BCUT2D eigenvalue weighted by atomic mass is 35.5. The van der Waals surface area contributed by atoms with Crippen LogP contribution in [0, 0.1) is 0 Å². The number of rotatable bonds is 4. The summed E-state index contributed by atoms with van der Waals surface area (Å²) < 4.78 is 26.7. The van der Waals surface area contributed by atoms with Gasteiger partial charge in [-0.1, -0.05) is 0 Å². The average molecular weight is 342 g/mol. The van der Waals surface area contributed by atoms with E-state index in [1.807, 2.05) is 6.07 Å². The fourth-order valence-corrected chi connectivity index (χ4v) is 2.72. The Kier molecular flexibility index (Phi) is 3.33. The Morgan fingerprint density at radius 2 is 2.13 bits per heavy atom.